The van der Waals surface area contributed by atoms with Crippen LogP contribution in [0.5, 0.6) is 0 Å². The maximum Gasteiger partial charge on any atom is 0.411 e. The van der Waals surface area contributed by atoms with E-state index in [1.807, 2.05) is 0 Å². The summed E-state index contributed by atoms with van der Waals surface area (Å²) in [6.07, 6.45) is -1.78. The molecule has 0 aliphatic carbocycles. The second-order valence-corrected chi connectivity index (χ2v) is 7.44. The van der Waals surface area contributed by atoms with Gasteiger partial charge in [0.2, 0.25) is 0 Å². The van der Waals surface area contributed by atoms with Crippen LogP contribution in [-0.2, 0) is 11.3 Å². The number of nitrogens with one attached hydrogen (secondary N) is 1. The highest BCUT2D eigenvalue weighted by Crippen LogP contribution is 2.24. The minimum Gasteiger partial charge on any atom is -0.444 e. The number of rotatable bonds is 3. The van der Waals surface area contributed by atoms with E-state index in [-0.39, 0.29) is 13.0 Å². The number of hydrogen-bond donors (Lipinski definition) is 1. The molecule has 7 heteroatoms. The summed E-state index contributed by atoms with van der Waals surface area (Å²) in [6.45, 7) is 5.78. The third-order valence-electron chi connectivity index (χ3n) is 3.42. The maximum absolute atomic E-state index is 13.7. The third-order valence-corrected chi connectivity index (χ3v) is 4.01. The molecule has 2 unspecified atom stereocenters. The third kappa shape index (κ3) is 5.23. The van der Waals surface area contributed by atoms with Crippen LogP contribution in [0.4, 0.5) is 9.18 Å². The van der Waals surface area contributed by atoms with Crippen LogP contribution in [0.1, 0.15) is 32.8 Å². The number of alkyl halides is 1. The van der Waals surface area contributed by atoms with Crippen molar-refractivity contribution < 1.29 is 13.9 Å². The van der Waals surface area contributed by atoms with Crippen LogP contribution in [0.2, 0.25) is 10.0 Å². The van der Waals surface area contributed by atoms with E-state index in [1.54, 1.807) is 39.0 Å². The molecular weight excluding hydrogens is 342 g/mol. The molecule has 128 valence electrons. The van der Waals surface area contributed by atoms with Crippen molar-refractivity contribution in [3.8, 4) is 0 Å². The van der Waals surface area contributed by atoms with E-state index in [1.165, 1.54) is 4.90 Å². The molecule has 1 saturated heterocycles. The number of ether oxygens (including phenoxy) is 1. The van der Waals surface area contributed by atoms with Crippen LogP contribution in [-0.4, -0.2) is 35.5 Å². The smallest absolute Gasteiger partial charge is 0.411 e. The molecule has 1 aliphatic rings. The Balaban J connectivity index is 2.00. The van der Waals surface area contributed by atoms with E-state index >= 15 is 0 Å². The van der Waals surface area contributed by atoms with Crippen molar-refractivity contribution in [2.75, 3.05) is 6.54 Å². The number of benzene rings is 1. The lowest BCUT2D eigenvalue weighted by Gasteiger charge is -2.29. The Kier molecular flexibility index (Phi) is 5.76. The van der Waals surface area contributed by atoms with Gasteiger partial charge in [0.15, 0.2) is 0 Å². The standard InChI is InChI=1S/C16H21Cl2FN2O2/c1-16(2,3)23-15(22)21-9-12(19)7-14(21)20-8-10-4-5-11(17)6-13(10)18/h4-6,12,14,20H,7-9H2,1-3H3. The molecule has 1 heterocycles. The Morgan fingerprint density at radius 3 is 2.74 bits per heavy atom. The van der Waals surface area contributed by atoms with Gasteiger partial charge >= 0.3 is 6.09 Å². The van der Waals surface area contributed by atoms with Gasteiger partial charge in [0.25, 0.3) is 0 Å². The Morgan fingerprint density at radius 2 is 2.13 bits per heavy atom. The highest BCUT2D eigenvalue weighted by atomic mass is 35.5. The zero-order valence-corrected chi connectivity index (χ0v) is 14.9. The average molecular weight is 363 g/mol. The SMILES string of the molecule is CC(C)(C)OC(=O)N1CC(F)CC1NCc1ccc(Cl)cc1Cl. The number of nitrogens with zero attached hydrogens (tertiary/aromatic N) is 1. The zero-order valence-electron chi connectivity index (χ0n) is 13.4. The Bertz CT molecular complexity index is 578. The van der Waals surface area contributed by atoms with Gasteiger partial charge in [-0.05, 0) is 38.5 Å². The lowest BCUT2D eigenvalue weighted by Crippen LogP contribution is -2.46. The van der Waals surface area contributed by atoms with Crippen LogP contribution in [0.3, 0.4) is 0 Å². The van der Waals surface area contributed by atoms with E-state index in [0.717, 1.165) is 5.56 Å². The Labute approximate surface area is 145 Å². The first-order valence-electron chi connectivity index (χ1n) is 7.47. The quantitative estimate of drug-likeness (QED) is 0.866. The fourth-order valence-corrected chi connectivity index (χ4v) is 2.87. The van der Waals surface area contributed by atoms with E-state index in [9.17, 15) is 9.18 Å². The van der Waals surface area contributed by atoms with Gasteiger partial charge in [0.1, 0.15) is 11.8 Å². The minimum absolute atomic E-state index is 0.0287. The summed E-state index contributed by atoms with van der Waals surface area (Å²) in [5.41, 5.74) is 0.220. The van der Waals surface area contributed by atoms with Crippen molar-refractivity contribution in [1.82, 2.24) is 10.2 Å². The van der Waals surface area contributed by atoms with Gasteiger partial charge in [-0.1, -0.05) is 29.3 Å². The maximum atomic E-state index is 13.7. The van der Waals surface area contributed by atoms with Crippen molar-refractivity contribution in [3.05, 3.63) is 33.8 Å². The molecule has 0 aromatic heterocycles. The molecule has 0 spiro atoms. The molecule has 1 amide bonds. The van der Waals surface area contributed by atoms with Gasteiger partial charge in [-0.3, -0.25) is 10.2 Å². The second-order valence-electron chi connectivity index (χ2n) is 6.60. The molecule has 0 saturated carbocycles. The van der Waals surface area contributed by atoms with Gasteiger partial charge in [0, 0.05) is 23.0 Å². The Hall–Kier alpha value is -1.04. The monoisotopic (exact) mass is 362 g/mol. The van der Waals surface area contributed by atoms with Gasteiger partial charge in [-0.2, -0.15) is 0 Å². The molecule has 1 aromatic carbocycles. The number of likely N-dealkylation sites (tertiary alicyclic amines) is 1. The summed E-state index contributed by atoms with van der Waals surface area (Å²) in [4.78, 5) is 13.6. The van der Waals surface area contributed by atoms with Crippen LogP contribution in [0.25, 0.3) is 0 Å². The Morgan fingerprint density at radius 1 is 1.43 bits per heavy atom. The minimum atomic E-state index is -1.07. The molecule has 0 radical (unpaired) electrons. The molecule has 2 rings (SSSR count). The van der Waals surface area contributed by atoms with Gasteiger partial charge in [-0.25, -0.2) is 9.18 Å². The predicted molar refractivity (Wildman–Crippen MR) is 89.5 cm³/mol. The topological polar surface area (TPSA) is 41.6 Å². The fourth-order valence-electron chi connectivity index (χ4n) is 2.39. The molecule has 1 aliphatic heterocycles. The summed E-state index contributed by atoms with van der Waals surface area (Å²) in [6, 6.07) is 5.19. The van der Waals surface area contributed by atoms with Crippen LogP contribution in [0, 0.1) is 0 Å². The van der Waals surface area contributed by atoms with Gasteiger partial charge in [0.05, 0.1) is 12.7 Å². The fraction of sp³-hybridized carbons (Fsp3) is 0.562. The highest BCUT2D eigenvalue weighted by molar-refractivity contribution is 6.35. The normalized spacial score (nSPS) is 21.6. The van der Waals surface area contributed by atoms with Crippen molar-refractivity contribution in [1.29, 1.82) is 0 Å². The summed E-state index contributed by atoms with van der Waals surface area (Å²) in [7, 11) is 0. The van der Waals surface area contributed by atoms with E-state index in [0.29, 0.717) is 16.6 Å². The summed E-state index contributed by atoms with van der Waals surface area (Å²) >= 11 is 12.0. The molecule has 23 heavy (non-hydrogen) atoms. The summed E-state index contributed by atoms with van der Waals surface area (Å²) in [5, 5.41) is 4.25. The van der Waals surface area contributed by atoms with Crippen LogP contribution >= 0.6 is 23.2 Å². The zero-order chi connectivity index (χ0) is 17.2. The average Bonchev–Trinajstić information content (AvgIpc) is 2.77. The lowest BCUT2D eigenvalue weighted by molar-refractivity contribution is 0.0191. The van der Waals surface area contributed by atoms with E-state index in [4.69, 9.17) is 27.9 Å². The summed E-state index contributed by atoms with van der Waals surface area (Å²) < 4.78 is 19.1. The molecule has 0 bridgehead atoms. The molecule has 4 nitrogen and oxygen atoms in total. The number of amides is 1. The molecule has 1 aromatic rings. The predicted octanol–water partition coefficient (Wildman–Crippen LogP) is 4.39. The van der Waals surface area contributed by atoms with Crippen LogP contribution in [0.15, 0.2) is 18.2 Å². The first-order chi connectivity index (χ1) is 10.7. The molecular formula is C16H21Cl2FN2O2. The second kappa shape index (κ2) is 7.24. The largest absolute Gasteiger partial charge is 0.444 e. The van der Waals surface area contributed by atoms with Gasteiger partial charge < -0.3 is 4.74 Å². The first-order valence-corrected chi connectivity index (χ1v) is 8.22. The van der Waals surface area contributed by atoms with Gasteiger partial charge in [-0.15, -0.1) is 0 Å². The number of hydrogen-bond acceptors (Lipinski definition) is 3. The van der Waals surface area contributed by atoms with Crippen molar-refractivity contribution >= 4 is 29.3 Å². The van der Waals surface area contributed by atoms with Crippen molar-refractivity contribution in [2.45, 2.75) is 51.7 Å². The lowest BCUT2D eigenvalue weighted by atomic mass is 10.2. The molecule has 2 atom stereocenters. The number of carbonyl (C=O) groups excluding carboxylic acids is 1. The molecule has 1 fully saturated rings. The van der Waals surface area contributed by atoms with Crippen molar-refractivity contribution in [2.24, 2.45) is 0 Å². The van der Waals surface area contributed by atoms with Crippen LogP contribution < -0.4 is 5.32 Å². The van der Waals surface area contributed by atoms with Crippen molar-refractivity contribution in [3.63, 3.8) is 0 Å². The highest BCUT2D eigenvalue weighted by Gasteiger charge is 2.37. The van der Waals surface area contributed by atoms with E-state index in [2.05, 4.69) is 5.32 Å². The molecule has 1 N–H and O–H groups in total. The summed E-state index contributed by atoms with van der Waals surface area (Å²) in [5.74, 6) is 0. The first kappa shape index (κ1) is 18.3. The number of halogens is 3. The number of carbonyl (C=O) groups is 1. The van der Waals surface area contributed by atoms with E-state index < -0.39 is 24.0 Å².